The Labute approximate surface area is 96.5 Å². The third-order valence-electron chi connectivity index (χ3n) is 2.46. The van der Waals surface area contributed by atoms with E-state index in [1.165, 1.54) is 10.5 Å². The lowest BCUT2D eigenvalue weighted by molar-refractivity contribution is 0.767. The number of fused-ring (bicyclic) bond motifs is 3. The molecule has 1 aromatic heterocycles. The van der Waals surface area contributed by atoms with Crippen LogP contribution in [-0.4, -0.2) is 20.5 Å². The standard InChI is InChI=1S/C10H9N3S2/c14-10-12-11-9-7-3-1-2-4-8(7)15-6-5-13(9)10/h1-4H,5-6H2,(H,12,14). The van der Waals surface area contributed by atoms with Crippen molar-refractivity contribution in [3.8, 4) is 11.4 Å². The minimum atomic E-state index is 0.710. The van der Waals surface area contributed by atoms with E-state index in [0.29, 0.717) is 4.77 Å². The van der Waals surface area contributed by atoms with Crippen LogP contribution >= 0.6 is 24.0 Å². The van der Waals surface area contributed by atoms with Gasteiger partial charge in [-0.05, 0) is 18.3 Å². The Morgan fingerprint density at radius 1 is 1.40 bits per heavy atom. The van der Waals surface area contributed by atoms with Crippen LogP contribution in [0.1, 0.15) is 0 Å². The average molecular weight is 235 g/mol. The highest BCUT2D eigenvalue weighted by Gasteiger charge is 2.16. The Bertz CT molecular complexity index is 556. The third kappa shape index (κ3) is 1.42. The van der Waals surface area contributed by atoms with Crippen LogP contribution in [0.3, 0.4) is 0 Å². The average Bonchev–Trinajstić information content (AvgIpc) is 2.53. The smallest absolute Gasteiger partial charge is 0.195 e. The normalized spacial score (nSPS) is 14.1. The molecule has 0 saturated heterocycles. The number of rotatable bonds is 0. The van der Waals surface area contributed by atoms with Gasteiger partial charge in [-0.2, -0.15) is 5.10 Å². The van der Waals surface area contributed by atoms with Crippen molar-refractivity contribution in [2.75, 3.05) is 5.75 Å². The summed E-state index contributed by atoms with van der Waals surface area (Å²) >= 11 is 7.06. The number of thioether (sulfide) groups is 1. The lowest BCUT2D eigenvalue weighted by atomic mass is 10.2. The Hall–Kier alpha value is -1.07. The first kappa shape index (κ1) is 9.18. The summed E-state index contributed by atoms with van der Waals surface area (Å²) < 4.78 is 2.77. The molecule has 0 amide bonds. The van der Waals surface area contributed by atoms with Crippen LogP contribution in [-0.2, 0) is 6.54 Å². The van der Waals surface area contributed by atoms with Crippen molar-refractivity contribution in [3.63, 3.8) is 0 Å². The van der Waals surface area contributed by atoms with E-state index in [2.05, 4.69) is 33.0 Å². The van der Waals surface area contributed by atoms with Crippen molar-refractivity contribution in [1.82, 2.24) is 14.8 Å². The van der Waals surface area contributed by atoms with Crippen molar-refractivity contribution >= 4 is 24.0 Å². The molecule has 0 aliphatic carbocycles. The predicted octanol–water partition coefficient (Wildman–Crippen LogP) is 2.71. The van der Waals surface area contributed by atoms with Crippen molar-refractivity contribution in [2.45, 2.75) is 11.4 Å². The molecule has 0 fully saturated rings. The minimum Gasteiger partial charge on any atom is -0.299 e. The van der Waals surface area contributed by atoms with Crippen LogP contribution in [0.2, 0.25) is 0 Å². The Morgan fingerprint density at radius 2 is 2.27 bits per heavy atom. The summed E-state index contributed by atoms with van der Waals surface area (Å²) in [5, 5.41) is 7.14. The molecule has 0 unspecified atom stereocenters. The summed E-state index contributed by atoms with van der Waals surface area (Å²) in [5.74, 6) is 2.00. The van der Waals surface area contributed by atoms with E-state index in [1.54, 1.807) is 0 Å². The van der Waals surface area contributed by atoms with Crippen LogP contribution in [0, 0.1) is 4.77 Å². The second-order valence-electron chi connectivity index (χ2n) is 3.35. The van der Waals surface area contributed by atoms with E-state index in [-0.39, 0.29) is 0 Å². The zero-order valence-electron chi connectivity index (χ0n) is 7.93. The molecule has 15 heavy (non-hydrogen) atoms. The molecule has 5 heteroatoms. The maximum atomic E-state index is 5.20. The summed E-state index contributed by atoms with van der Waals surface area (Å²) in [6, 6.07) is 8.32. The molecule has 1 aliphatic rings. The third-order valence-corrected chi connectivity index (χ3v) is 3.82. The Balaban J connectivity index is 2.32. The number of aromatic amines is 1. The quantitative estimate of drug-likeness (QED) is 0.713. The van der Waals surface area contributed by atoms with Crippen molar-refractivity contribution in [3.05, 3.63) is 29.0 Å². The zero-order chi connectivity index (χ0) is 10.3. The van der Waals surface area contributed by atoms with Gasteiger partial charge in [0, 0.05) is 22.8 Å². The van der Waals surface area contributed by atoms with Gasteiger partial charge in [-0.3, -0.25) is 9.67 Å². The summed E-state index contributed by atoms with van der Waals surface area (Å²) in [6.45, 7) is 0.921. The van der Waals surface area contributed by atoms with E-state index in [1.807, 2.05) is 17.8 Å². The second-order valence-corrected chi connectivity index (χ2v) is 4.87. The highest BCUT2D eigenvalue weighted by atomic mass is 32.2. The van der Waals surface area contributed by atoms with Crippen LogP contribution in [0.15, 0.2) is 29.2 Å². The van der Waals surface area contributed by atoms with Gasteiger partial charge in [0.2, 0.25) is 0 Å². The topological polar surface area (TPSA) is 33.6 Å². The molecule has 0 spiro atoms. The van der Waals surface area contributed by atoms with E-state index in [0.717, 1.165) is 18.1 Å². The molecular weight excluding hydrogens is 226 g/mol. The highest BCUT2D eigenvalue weighted by molar-refractivity contribution is 7.99. The largest absolute Gasteiger partial charge is 0.299 e. The van der Waals surface area contributed by atoms with E-state index in [9.17, 15) is 0 Å². The minimum absolute atomic E-state index is 0.710. The van der Waals surface area contributed by atoms with Gasteiger partial charge in [0.05, 0.1) is 0 Å². The van der Waals surface area contributed by atoms with E-state index >= 15 is 0 Å². The molecule has 1 aliphatic heterocycles. The number of aromatic nitrogens is 3. The summed E-state index contributed by atoms with van der Waals surface area (Å²) in [5.41, 5.74) is 1.17. The first-order valence-electron chi connectivity index (χ1n) is 4.73. The van der Waals surface area contributed by atoms with Crippen LogP contribution in [0.5, 0.6) is 0 Å². The second kappa shape index (κ2) is 3.50. The number of nitrogens with one attached hydrogen (secondary N) is 1. The molecule has 0 radical (unpaired) electrons. The maximum absolute atomic E-state index is 5.20. The maximum Gasteiger partial charge on any atom is 0.195 e. The fourth-order valence-corrected chi connectivity index (χ4v) is 2.96. The summed E-state index contributed by atoms with van der Waals surface area (Å²) in [4.78, 5) is 1.28. The van der Waals surface area contributed by atoms with Crippen molar-refractivity contribution in [1.29, 1.82) is 0 Å². The van der Waals surface area contributed by atoms with Crippen molar-refractivity contribution in [2.24, 2.45) is 0 Å². The summed E-state index contributed by atoms with van der Waals surface area (Å²) in [7, 11) is 0. The molecule has 1 aromatic carbocycles. The van der Waals surface area contributed by atoms with Gasteiger partial charge >= 0.3 is 0 Å². The lowest BCUT2D eigenvalue weighted by Crippen LogP contribution is -2.00. The molecule has 1 N–H and O–H groups in total. The lowest BCUT2D eigenvalue weighted by Gasteiger charge is -2.02. The molecular formula is C10H9N3S2. The van der Waals surface area contributed by atoms with E-state index in [4.69, 9.17) is 12.2 Å². The van der Waals surface area contributed by atoms with Crippen LogP contribution in [0.4, 0.5) is 0 Å². The predicted molar refractivity (Wildman–Crippen MR) is 63.6 cm³/mol. The first-order valence-corrected chi connectivity index (χ1v) is 6.13. The van der Waals surface area contributed by atoms with Gasteiger partial charge in [-0.1, -0.05) is 18.2 Å². The summed E-state index contributed by atoms with van der Waals surface area (Å²) in [6.07, 6.45) is 0. The van der Waals surface area contributed by atoms with Gasteiger partial charge in [0.1, 0.15) is 0 Å². The molecule has 3 nitrogen and oxygen atoms in total. The number of benzene rings is 1. The Morgan fingerprint density at radius 3 is 3.20 bits per heavy atom. The molecule has 2 aromatic rings. The van der Waals surface area contributed by atoms with Gasteiger partial charge in [0.25, 0.3) is 0 Å². The molecule has 2 heterocycles. The van der Waals surface area contributed by atoms with Gasteiger partial charge in [0.15, 0.2) is 10.6 Å². The van der Waals surface area contributed by atoms with Gasteiger partial charge in [-0.15, -0.1) is 11.8 Å². The fraction of sp³-hybridized carbons (Fsp3) is 0.200. The first-order chi connectivity index (χ1) is 7.36. The fourth-order valence-electron chi connectivity index (χ4n) is 1.75. The van der Waals surface area contributed by atoms with E-state index < -0.39 is 0 Å². The molecule has 0 atom stereocenters. The number of nitrogens with zero attached hydrogens (tertiary/aromatic N) is 2. The monoisotopic (exact) mass is 235 g/mol. The molecule has 0 bridgehead atoms. The Kier molecular flexibility index (Phi) is 2.14. The number of hydrogen-bond donors (Lipinski definition) is 1. The SMILES string of the molecule is S=c1[nH]nc2n1CCSc1ccccc1-2. The van der Waals surface area contributed by atoms with Gasteiger partial charge in [-0.25, -0.2) is 0 Å². The van der Waals surface area contributed by atoms with Crippen LogP contribution < -0.4 is 0 Å². The molecule has 76 valence electrons. The highest BCUT2D eigenvalue weighted by Crippen LogP contribution is 2.33. The molecule has 3 rings (SSSR count). The van der Waals surface area contributed by atoms with Crippen molar-refractivity contribution < 1.29 is 0 Å². The number of H-pyrrole nitrogens is 1. The van der Waals surface area contributed by atoms with Gasteiger partial charge < -0.3 is 0 Å². The molecule has 0 saturated carbocycles. The van der Waals surface area contributed by atoms with Crippen LogP contribution in [0.25, 0.3) is 11.4 Å². The zero-order valence-corrected chi connectivity index (χ0v) is 9.57. The number of hydrogen-bond acceptors (Lipinski definition) is 3.